The lowest BCUT2D eigenvalue weighted by molar-refractivity contribution is 0.0992. The third-order valence-corrected chi connectivity index (χ3v) is 3.53. The Morgan fingerprint density at radius 3 is 2.33 bits per heavy atom. The number of aryl methyl sites for hydroxylation is 2. The largest absolute Gasteiger partial charge is 0.398 e. The van der Waals surface area contributed by atoms with Gasteiger partial charge in [-0.3, -0.25) is 4.79 Å². The maximum absolute atomic E-state index is 12.6. The molecule has 0 heterocycles. The number of hydrogen-bond acceptors (Lipinski definition) is 3. The Labute approximate surface area is 124 Å². The zero-order valence-electron chi connectivity index (χ0n) is 12.3. The third-order valence-electron chi connectivity index (χ3n) is 3.53. The van der Waals surface area contributed by atoms with Gasteiger partial charge < -0.3 is 10.6 Å². The summed E-state index contributed by atoms with van der Waals surface area (Å²) >= 11 is 0. The first-order valence-corrected chi connectivity index (χ1v) is 6.59. The van der Waals surface area contributed by atoms with Crippen molar-refractivity contribution in [2.45, 2.75) is 13.8 Å². The fraction of sp³-hybridized carbons (Fsp3) is 0.176. The van der Waals surface area contributed by atoms with Gasteiger partial charge in [-0.2, -0.15) is 5.26 Å². The molecule has 0 aliphatic carbocycles. The van der Waals surface area contributed by atoms with Gasteiger partial charge in [0, 0.05) is 24.0 Å². The van der Waals surface area contributed by atoms with Crippen LogP contribution in [-0.2, 0) is 0 Å². The summed E-state index contributed by atoms with van der Waals surface area (Å²) < 4.78 is 0. The Balaban J connectivity index is 2.35. The van der Waals surface area contributed by atoms with Crippen LogP contribution in [0.2, 0.25) is 0 Å². The number of nitrogens with two attached hydrogens (primary N) is 1. The fourth-order valence-corrected chi connectivity index (χ4v) is 2.16. The van der Waals surface area contributed by atoms with Crippen LogP contribution in [0.5, 0.6) is 0 Å². The summed E-state index contributed by atoms with van der Waals surface area (Å²) in [7, 11) is 1.71. The van der Waals surface area contributed by atoms with Gasteiger partial charge in [-0.1, -0.05) is 6.07 Å². The number of nitrogens with zero attached hydrogens (tertiary/aromatic N) is 2. The second kappa shape index (κ2) is 5.68. The first-order chi connectivity index (χ1) is 9.93. The van der Waals surface area contributed by atoms with Crippen molar-refractivity contribution in [3.8, 4) is 6.07 Å². The summed E-state index contributed by atoms with van der Waals surface area (Å²) in [5, 5.41) is 8.80. The van der Waals surface area contributed by atoms with Gasteiger partial charge in [-0.05, 0) is 55.3 Å². The smallest absolute Gasteiger partial charge is 0.258 e. The molecule has 0 saturated heterocycles. The van der Waals surface area contributed by atoms with Crippen LogP contribution in [0, 0.1) is 25.2 Å². The van der Waals surface area contributed by atoms with Crippen molar-refractivity contribution in [2.24, 2.45) is 0 Å². The summed E-state index contributed by atoms with van der Waals surface area (Å²) in [6, 6.07) is 12.6. The van der Waals surface area contributed by atoms with Gasteiger partial charge in [0.25, 0.3) is 5.91 Å². The lowest BCUT2D eigenvalue weighted by Gasteiger charge is -2.19. The Hall–Kier alpha value is -2.80. The lowest BCUT2D eigenvalue weighted by atomic mass is 10.0. The van der Waals surface area contributed by atoms with Crippen molar-refractivity contribution in [2.75, 3.05) is 17.7 Å². The monoisotopic (exact) mass is 279 g/mol. The van der Waals surface area contributed by atoms with Crippen LogP contribution in [0.4, 0.5) is 11.4 Å². The second-order valence-electron chi connectivity index (χ2n) is 5.05. The minimum atomic E-state index is -0.121. The molecular weight excluding hydrogens is 262 g/mol. The maximum atomic E-state index is 12.6. The maximum Gasteiger partial charge on any atom is 0.258 e. The molecule has 2 aromatic carbocycles. The van der Waals surface area contributed by atoms with E-state index in [2.05, 4.69) is 6.07 Å². The summed E-state index contributed by atoms with van der Waals surface area (Å²) in [6.07, 6.45) is 0. The van der Waals surface area contributed by atoms with E-state index in [0.717, 1.165) is 16.8 Å². The number of carbonyl (C=O) groups excluding carboxylic acids is 1. The molecule has 0 unspecified atom stereocenters. The van der Waals surface area contributed by atoms with E-state index < -0.39 is 0 Å². The molecule has 106 valence electrons. The van der Waals surface area contributed by atoms with Gasteiger partial charge in [-0.15, -0.1) is 0 Å². The quantitative estimate of drug-likeness (QED) is 0.859. The predicted molar refractivity (Wildman–Crippen MR) is 84.2 cm³/mol. The number of amides is 1. The number of rotatable bonds is 2. The molecular formula is C17H17N3O. The summed E-state index contributed by atoms with van der Waals surface area (Å²) in [5.74, 6) is -0.121. The van der Waals surface area contributed by atoms with E-state index >= 15 is 0 Å². The highest BCUT2D eigenvalue weighted by atomic mass is 16.2. The van der Waals surface area contributed by atoms with Crippen molar-refractivity contribution in [3.05, 3.63) is 58.7 Å². The highest BCUT2D eigenvalue weighted by Gasteiger charge is 2.16. The molecule has 1 amide bonds. The standard InChI is InChI=1S/C17H17N3O/c1-11-8-12(2)16(19)9-15(11)17(21)20(3)14-6-4-13(10-18)5-7-14/h4-9H,19H2,1-3H3. The molecule has 0 aliphatic heterocycles. The van der Waals surface area contributed by atoms with Gasteiger partial charge in [0.1, 0.15) is 0 Å². The van der Waals surface area contributed by atoms with Crippen LogP contribution >= 0.6 is 0 Å². The minimum Gasteiger partial charge on any atom is -0.398 e. The van der Waals surface area contributed by atoms with Gasteiger partial charge in [0.2, 0.25) is 0 Å². The van der Waals surface area contributed by atoms with Crippen LogP contribution in [-0.4, -0.2) is 13.0 Å². The molecule has 0 atom stereocenters. The molecule has 0 radical (unpaired) electrons. The first kappa shape index (κ1) is 14.6. The van der Waals surface area contributed by atoms with E-state index in [1.54, 1.807) is 42.3 Å². The van der Waals surface area contributed by atoms with E-state index in [1.165, 1.54) is 0 Å². The van der Waals surface area contributed by atoms with Crippen LogP contribution in [0.15, 0.2) is 36.4 Å². The van der Waals surface area contributed by atoms with Crippen molar-refractivity contribution in [1.29, 1.82) is 5.26 Å². The first-order valence-electron chi connectivity index (χ1n) is 6.59. The number of nitrogen functional groups attached to an aromatic ring is 1. The highest BCUT2D eigenvalue weighted by Crippen LogP contribution is 2.22. The molecule has 2 aromatic rings. The average molecular weight is 279 g/mol. The number of carbonyl (C=O) groups is 1. The molecule has 0 aromatic heterocycles. The van der Waals surface area contributed by atoms with Crippen LogP contribution < -0.4 is 10.6 Å². The molecule has 21 heavy (non-hydrogen) atoms. The number of hydrogen-bond donors (Lipinski definition) is 1. The van der Waals surface area contributed by atoms with Crippen molar-refractivity contribution in [1.82, 2.24) is 0 Å². The highest BCUT2D eigenvalue weighted by molar-refractivity contribution is 6.07. The SMILES string of the molecule is Cc1cc(C)c(C(=O)N(C)c2ccc(C#N)cc2)cc1N. The zero-order chi connectivity index (χ0) is 15.6. The van der Waals surface area contributed by atoms with Gasteiger partial charge in [0.05, 0.1) is 11.6 Å². The van der Waals surface area contributed by atoms with Gasteiger partial charge in [-0.25, -0.2) is 0 Å². The molecule has 2 rings (SSSR count). The van der Waals surface area contributed by atoms with Crippen LogP contribution in [0.25, 0.3) is 0 Å². The normalized spacial score (nSPS) is 10.0. The Morgan fingerprint density at radius 1 is 1.14 bits per heavy atom. The van der Waals surface area contributed by atoms with Crippen LogP contribution in [0.3, 0.4) is 0 Å². The number of benzene rings is 2. The minimum absolute atomic E-state index is 0.121. The Bertz CT molecular complexity index is 727. The molecule has 2 N–H and O–H groups in total. The number of nitriles is 1. The summed E-state index contributed by atoms with van der Waals surface area (Å²) in [5.41, 5.74) is 10.3. The molecule has 0 fully saturated rings. The average Bonchev–Trinajstić information content (AvgIpc) is 2.49. The Morgan fingerprint density at radius 2 is 1.76 bits per heavy atom. The molecule has 0 aliphatic rings. The second-order valence-corrected chi connectivity index (χ2v) is 5.05. The topological polar surface area (TPSA) is 70.1 Å². The van der Waals surface area contributed by atoms with Crippen molar-refractivity contribution >= 4 is 17.3 Å². The molecule has 0 saturated carbocycles. The molecule has 0 spiro atoms. The van der Waals surface area contributed by atoms with Crippen molar-refractivity contribution < 1.29 is 4.79 Å². The lowest BCUT2D eigenvalue weighted by Crippen LogP contribution is -2.27. The van der Waals surface area contributed by atoms with Crippen molar-refractivity contribution in [3.63, 3.8) is 0 Å². The van der Waals surface area contributed by atoms with E-state index in [0.29, 0.717) is 16.8 Å². The zero-order valence-corrected chi connectivity index (χ0v) is 12.3. The van der Waals surface area contributed by atoms with Gasteiger partial charge >= 0.3 is 0 Å². The molecule has 4 heteroatoms. The number of anilines is 2. The summed E-state index contributed by atoms with van der Waals surface area (Å²) in [4.78, 5) is 14.1. The molecule has 4 nitrogen and oxygen atoms in total. The van der Waals surface area contributed by atoms with E-state index in [-0.39, 0.29) is 5.91 Å². The van der Waals surface area contributed by atoms with Crippen LogP contribution in [0.1, 0.15) is 27.0 Å². The fourth-order valence-electron chi connectivity index (χ4n) is 2.16. The van der Waals surface area contributed by atoms with E-state index in [4.69, 9.17) is 11.0 Å². The van der Waals surface area contributed by atoms with E-state index in [9.17, 15) is 4.79 Å². The third kappa shape index (κ3) is 2.87. The summed E-state index contributed by atoms with van der Waals surface area (Å²) in [6.45, 7) is 3.81. The molecule has 0 bridgehead atoms. The Kier molecular flexibility index (Phi) is 3.95. The van der Waals surface area contributed by atoms with Gasteiger partial charge in [0.15, 0.2) is 0 Å². The van der Waals surface area contributed by atoms with E-state index in [1.807, 2.05) is 19.9 Å². The predicted octanol–water partition coefficient (Wildman–Crippen LogP) is 3.03.